The summed E-state index contributed by atoms with van der Waals surface area (Å²) in [5.41, 5.74) is 2.39. The minimum Gasteiger partial charge on any atom is -0.304 e. The van der Waals surface area contributed by atoms with Gasteiger partial charge in [-0.3, -0.25) is 9.59 Å². The Kier molecular flexibility index (Phi) is 5.61. The minimum absolute atomic E-state index is 0.203. The van der Waals surface area contributed by atoms with Gasteiger partial charge >= 0.3 is 0 Å². The second-order valence-electron chi connectivity index (χ2n) is 7.54. The van der Waals surface area contributed by atoms with Crippen molar-refractivity contribution in [3.05, 3.63) is 96.1 Å². The summed E-state index contributed by atoms with van der Waals surface area (Å²) in [6, 6.07) is 25.2. The highest BCUT2D eigenvalue weighted by molar-refractivity contribution is 7.94. The van der Waals surface area contributed by atoms with E-state index >= 15 is 0 Å². The summed E-state index contributed by atoms with van der Waals surface area (Å²) in [6.45, 7) is 1.99. The number of sulfonamides is 1. The van der Waals surface area contributed by atoms with E-state index in [-0.39, 0.29) is 17.3 Å². The molecule has 1 atom stereocenters. The number of hydrogen-bond acceptors (Lipinski definition) is 4. The molecule has 0 radical (unpaired) electrons. The first kappa shape index (κ1) is 20.8. The largest absolute Gasteiger partial charge is 0.304 e. The van der Waals surface area contributed by atoms with Crippen LogP contribution in [0.25, 0.3) is 0 Å². The Labute approximate surface area is 181 Å². The zero-order valence-electron chi connectivity index (χ0n) is 17.0. The van der Waals surface area contributed by atoms with Crippen LogP contribution in [-0.4, -0.2) is 26.0 Å². The number of para-hydroxylation sites is 1. The molecule has 4 rings (SSSR count). The van der Waals surface area contributed by atoms with Gasteiger partial charge in [-0.2, -0.15) is 0 Å². The van der Waals surface area contributed by atoms with Gasteiger partial charge in [0.2, 0.25) is 15.9 Å². The number of benzene rings is 3. The predicted octanol–water partition coefficient (Wildman–Crippen LogP) is 3.85. The molecule has 1 aliphatic heterocycles. The smallest absolute Gasteiger partial charge is 0.258 e. The molecule has 158 valence electrons. The molecule has 1 fully saturated rings. The molecule has 1 unspecified atom stereocenters. The van der Waals surface area contributed by atoms with Crippen molar-refractivity contribution in [2.45, 2.75) is 13.5 Å². The Bertz CT molecular complexity index is 1190. The van der Waals surface area contributed by atoms with E-state index in [0.29, 0.717) is 12.1 Å². The second kappa shape index (κ2) is 8.35. The lowest BCUT2D eigenvalue weighted by Crippen LogP contribution is -2.31. The van der Waals surface area contributed by atoms with Crippen LogP contribution in [0.4, 0.5) is 11.4 Å². The maximum atomic E-state index is 13.4. The zero-order valence-corrected chi connectivity index (χ0v) is 17.8. The van der Waals surface area contributed by atoms with Gasteiger partial charge in [0.25, 0.3) is 5.91 Å². The molecule has 31 heavy (non-hydrogen) atoms. The summed E-state index contributed by atoms with van der Waals surface area (Å²) >= 11 is 0. The topological polar surface area (TPSA) is 74.8 Å². The Morgan fingerprint density at radius 2 is 1.52 bits per heavy atom. The van der Waals surface area contributed by atoms with Crippen molar-refractivity contribution in [1.29, 1.82) is 0 Å². The molecule has 0 bridgehead atoms. The summed E-state index contributed by atoms with van der Waals surface area (Å²) in [4.78, 5) is 27.3. The van der Waals surface area contributed by atoms with E-state index in [1.54, 1.807) is 24.0 Å². The fourth-order valence-electron chi connectivity index (χ4n) is 3.64. The van der Waals surface area contributed by atoms with Crippen LogP contribution in [0.15, 0.2) is 84.9 Å². The molecule has 1 aliphatic rings. The van der Waals surface area contributed by atoms with Crippen molar-refractivity contribution < 1.29 is 18.0 Å². The Balaban J connectivity index is 1.64. The number of nitrogens with zero attached hydrogens (tertiary/aromatic N) is 2. The van der Waals surface area contributed by atoms with E-state index in [1.807, 2.05) is 60.7 Å². The molecule has 3 aromatic rings. The van der Waals surface area contributed by atoms with Gasteiger partial charge in [0.05, 0.1) is 23.9 Å². The number of carbonyl (C=O) groups excluding carboxylic acids is 2. The maximum absolute atomic E-state index is 13.4. The molecule has 2 amide bonds. The van der Waals surface area contributed by atoms with Gasteiger partial charge < -0.3 is 4.90 Å². The first-order valence-corrected chi connectivity index (χ1v) is 11.6. The van der Waals surface area contributed by atoms with Crippen LogP contribution in [0.5, 0.6) is 0 Å². The average Bonchev–Trinajstić information content (AvgIpc) is 2.99. The van der Waals surface area contributed by atoms with Crippen molar-refractivity contribution in [3.63, 3.8) is 0 Å². The fraction of sp³-hybridized carbons (Fsp3) is 0.167. The van der Waals surface area contributed by atoms with Gasteiger partial charge in [0.1, 0.15) is 0 Å². The van der Waals surface area contributed by atoms with Crippen LogP contribution >= 0.6 is 0 Å². The van der Waals surface area contributed by atoms with Crippen molar-refractivity contribution in [3.8, 4) is 0 Å². The third-order valence-corrected chi connectivity index (χ3v) is 7.07. The summed E-state index contributed by atoms with van der Waals surface area (Å²) in [5, 5.41) is 0. The van der Waals surface area contributed by atoms with Crippen LogP contribution in [0.1, 0.15) is 22.8 Å². The lowest BCUT2D eigenvalue weighted by Gasteiger charge is -2.23. The molecule has 1 heterocycles. The van der Waals surface area contributed by atoms with Crippen molar-refractivity contribution >= 4 is 33.2 Å². The number of amides is 2. The van der Waals surface area contributed by atoms with Crippen molar-refractivity contribution in [1.82, 2.24) is 0 Å². The average molecular weight is 435 g/mol. The van der Waals surface area contributed by atoms with Crippen LogP contribution in [0.2, 0.25) is 0 Å². The van der Waals surface area contributed by atoms with Crippen LogP contribution in [0, 0.1) is 5.92 Å². The highest BCUT2D eigenvalue weighted by Gasteiger charge is 2.41. The van der Waals surface area contributed by atoms with E-state index in [2.05, 4.69) is 0 Å². The molecule has 0 saturated carbocycles. The first-order chi connectivity index (χ1) is 14.9. The molecule has 3 aromatic carbocycles. The SMILES string of the molecule is CC1CS(=O)(=O)N(c2ccc(C(=O)N(Cc3ccccc3)c3ccccc3)cc2)C1=O. The molecular formula is C24H22N2O4S. The monoisotopic (exact) mass is 434 g/mol. The molecule has 7 heteroatoms. The second-order valence-corrected chi connectivity index (χ2v) is 9.40. The van der Waals surface area contributed by atoms with Crippen LogP contribution < -0.4 is 9.21 Å². The minimum atomic E-state index is -3.68. The molecule has 6 nitrogen and oxygen atoms in total. The van der Waals surface area contributed by atoms with Gasteiger partial charge in [0.15, 0.2) is 0 Å². The molecule has 1 saturated heterocycles. The fourth-order valence-corrected chi connectivity index (χ4v) is 5.46. The molecular weight excluding hydrogens is 412 g/mol. The van der Waals surface area contributed by atoms with Crippen LogP contribution in [0.3, 0.4) is 0 Å². The Morgan fingerprint density at radius 1 is 0.935 bits per heavy atom. The predicted molar refractivity (Wildman–Crippen MR) is 120 cm³/mol. The zero-order chi connectivity index (χ0) is 22.0. The van der Waals surface area contributed by atoms with E-state index in [9.17, 15) is 18.0 Å². The van der Waals surface area contributed by atoms with Gasteiger partial charge in [-0.15, -0.1) is 0 Å². The summed E-state index contributed by atoms with van der Waals surface area (Å²) in [7, 11) is -3.68. The summed E-state index contributed by atoms with van der Waals surface area (Å²) < 4.78 is 25.5. The van der Waals surface area contributed by atoms with E-state index < -0.39 is 21.8 Å². The third kappa shape index (κ3) is 4.22. The Hall–Kier alpha value is -3.45. The molecule has 0 aromatic heterocycles. The standard InChI is InChI=1S/C24H22N2O4S/c1-18-17-31(29,30)26(23(18)27)22-14-12-20(13-15-22)24(28)25(21-10-6-3-7-11-21)16-19-8-4-2-5-9-19/h2-15,18H,16-17H2,1H3. The van der Waals surface area contributed by atoms with Gasteiger partial charge in [-0.25, -0.2) is 12.7 Å². The van der Waals surface area contributed by atoms with Gasteiger partial charge in [-0.05, 0) is 42.0 Å². The molecule has 0 N–H and O–H groups in total. The van der Waals surface area contributed by atoms with E-state index in [1.165, 1.54) is 12.1 Å². The summed E-state index contributed by atoms with van der Waals surface area (Å²) in [6.07, 6.45) is 0. The first-order valence-electron chi connectivity index (χ1n) is 9.94. The molecule has 0 aliphatic carbocycles. The van der Waals surface area contributed by atoms with Crippen molar-refractivity contribution in [2.75, 3.05) is 15.0 Å². The molecule has 0 spiro atoms. The summed E-state index contributed by atoms with van der Waals surface area (Å²) in [5.74, 6) is -1.45. The maximum Gasteiger partial charge on any atom is 0.258 e. The number of anilines is 2. The highest BCUT2D eigenvalue weighted by Crippen LogP contribution is 2.29. The van der Waals surface area contributed by atoms with Crippen LogP contribution in [-0.2, 0) is 21.4 Å². The lowest BCUT2D eigenvalue weighted by molar-refractivity contribution is -0.119. The number of hydrogen-bond donors (Lipinski definition) is 0. The quantitative estimate of drug-likeness (QED) is 0.611. The van der Waals surface area contributed by atoms with Gasteiger partial charge in [-0.1, -0.05) is 55.5 Å². The van der Waals surface area contributed by atoms with Crippen molar-refractivity contribution in [2.24, 2.45) is 5.92 Å². The third-order valence-electron chi connectivity index (χ3n) is 5.21. The van der Waals surface area contributed by atoms with E-state index in [4.69, 9.17) is 0 Å². The normalized spacial score (nSPS) is 17.5. The highest BCUT2D eigenvalue weighted by atomic mass is 32.2. The lowest BCUT2D eigenvalue weighted by atomic mass is 10.1. The van der Waals surface area contributed by atoms with Gasteiger partial charge in [0, 0.05) is 11.3 Å². The van der Waals surface area contributed by atoms with E-state index in [0.717, 1.165) is 15.6 Å². The Morgan fingerprint density at radius 3 is 2.06 bits per heavy atom. The number of carbonyl (C=O) groups is 2. The number of rotatable bonds is 5.